The molecule has 1 rings (SSSR count). The first-order valence-electron chi connectivity index (χ1n) is 6.37. The maximum absolute atomic E-state index is 13.4. The number of aliphatic carboxylic acids is 1. The smallest absolute Gasteiger partial charge is 0.305 e. The molecule has 1 amide bonds. The summed E-state index contributed by atoms with van der Waals surface area (Å²) in [4.78, 5) is 22.4. The number of carboxylic acid groups (broad SMARTS) is 1. The minimum atomic E-state index is -1.00. The van der Waals surface area contributed by atoms with Gasteiger partial charge >= 0.3 is 5.97 Å². The molecule has 0 radical (unpaired) electrons. The van der Waals surface area contributed by atoms with E-state index in [1.54, 1.807) is 0 Å². The lowest BCUT2D eigenvalue weighted by Crippen LogP contribution is -2.37. The summed E-state index contributed by atoms with van der Waals surface area (Å²) < 4.78 is 26.1. The molecule has 0 aliphatic carbocycles. The lowest BCUT2D eigenvalue weighted by molar-refractivity contribution is -0.137. The van der Waals surface area contributed by atoms with E-state index in [-0.39, 0.29) is 18.4 Å². The Morgan fingerprint density at radius 3 is 2.60 bits per heavy atom. The summed E-state index contributed by atoms with van der Waals surface area (Å²) in [6.45, 7) is 1.88. The highest BCUT2D eigenvalue weighted by Crippen LogP contribution is 2.11. The van der Waals surface area contributed by atoms with E-state index in [1.807, 2.05) is 6.92 Å². The zero-order chi connectivity index (χ0) is 15.1. The Balaban J connectivity index is 2.62. The maximum Gasteiger partial charge on any atom is 0.305 e. The molecule has 0 bridgehead atoms. The second-order valence-corrected chi connectivity index (χ2v) is 4.56. The quantitative estimate of drug-likeness (QED) is 0.807. The van der Waals surface area contributed by atoms with Crippen LogP contribution >= 0.6 is 0 Å². The van der Waals surface area contributed by atoms with Crippen molar-refractivity contribution in [1.82, 2.24) is 5.32 Å². The fourth-order valence-corrected chi connectivity index (χ4v) is 1.90. The van der Waals surface area contributed by atoms with Crippen LogP contribution in [-0.4, -0.2) is 23.0 Å². The SMILES string of the molecule is CCCC(CC(=O)O)NC(=O)Cc1ccc(F)cc1F. The van der Waals surface area contributed by atoms with E-state index < -0.39 is 29.6 Å². The van der Waals surface area contributed by atoms with Crippen LogP contribution in [0.15, 0.2) is 18.2 Å². The molecule has 1 aromatic rings. The van der Waals surface area contributed by atoms with Crippen molar-refractivity contribution in [2.24, 2.45) is 0 Å². The Labute approximate surface area is 115 Å². The lowest BCUT2D eigenvalue weighted by Gasteiger charge is -2.16. The Morgan fingerprint density at radius 2 is 2.05 bits per heavy atom. The number of hydrogen-bond acceptors (Lipinski definition) is 2. The number of halogens is 2. The average molecular weight is 285 g/mol. The van der Waals surface area contributed by atoms with Gasteiger partial charge in [-0.25, -0.2) is 8.78 Å². The number of benzene rings is 1. The van der Waals surface area contributed by atoms with Gasteiger partial charge in [-0.05, 0) is 18.1 Å². The molecule has 0 fully saturated rings. The highest BCUT2D eigenvalue weighted by Gasteiger charge is 2.16. The van der Waals surface area contributed by atoms with Crippen LogP contribution in [0.3, 0.4) is 0 Å². The Morgan fingerprint density at radius 1 is 1.35 bits per heavy atom. The van der Waals surface area contributed by atoms with Crippen molar-refractivity contribution < 1.29 is 23.5 Å². The molecule has 0 saturated carbocycles. The molecule has 2 N–H and O–H groups in total. The van der Waals surface area contributed by atoms with Gasteiger partial charge in [0.15, 0.2) is 0 Å². The van der Waals surface area contributed by atoms with Crippen LogP contribution in [-0.2, 0) is 16.0 Å². The van der Waals surface area contributed by atoms with E-state index in [9.17, 15) is 18.4 Å². The second kappa shape index (κ2) is 7.57. The average Bonchev–Trinajstić information content (AvgIpc) is 2.32. The van der Waals surface area contributed by atoms with Gasteiger partial charge in [-0.1, -0.05) is 19.4 Å². The van der Waals surface area contributed by atoms with Gasteiger partial charge in [-0.3, -0.25) is 9.59 Å². The van der Waals surface area contributed by atoms with E-state index in [2.05, 4.69) is 5.32 Å². The van der Waals surface area contributed by atoms with Gasteiger partial charge in [0.2, 0.25) is 5.91 Å². The first-order valence-corrected chi connectivity index (χ1v) is 6.37. The van der Waals surface area contributed by atoms with E-state index in [0.29, 0.717) is 12.5 Å². The summed E-state index contributed by atoms with van der Waals surface area (Å²) in [5.74, 6) is -2.97. The Bertz CT molecular complexity index is 491. The molecule has 0 aliphatic heterocycles. The van der Waals surface area contributed by atoms with Crippen LogP contribution in [0.1, 0.15) is 31.7 Å². The van der Waals surface area contributed by atoms with Crippen LogP contribution in [0, 0.1) is 11.6 Å². The van der Waals surface area contributed by atoms with Crippen LogP contribution in [0.4, 0.5) is 8.78 Å². The van der Waals surface area contributed by atoms with Crippen molar-refractivity contribution in [2.45, 2.75) is 38.6 Å². The fraction of sp³-hybridized carbons (Fsp3) is 0.429. The Hall–Kier alpha value is -1.98. The zero-order valence-corrected chi connectivity index (χ0v) is 11.2. The molecule has 0 saturated heterocycles. The van der Waals surface area contributed by atoms with E-state index in [4.69, 9.17) is 5.11 Å². The summed E-state index contributed by atoms with van der Waals surface area (Å²) in [5, 5.41) is 11.3. The van der Waals surface area contributed by atoms with Gasteiger partial charge in [-0.15, -0.1) is 0 Å². The molecular formula is C14H17F2NO3. The number of carbonyl (C=O) groups is 2. The molecule has 20 heavy (non-hydrogen) atoms. The molecule has 1 aromatic carbocycles. The highest BCUT2D eigenvalue weighted by atomic mass is 19.1. The summed E-state index contributed by atoms with van der Waals surface area (Å²) >= 11 is 0. The van der Waals surface area contributed by atoms with Crippen molar-refractivity contribution >= 4 is 11.9 Å². The lowest BCUT2D eigenvalue weighted by atomic mass is 10.1. The normalized spacial score (nSPS) is 11.9. The van der Waals surface area contributed by atoms with Gasteiger partial charge in [-0.2, -0.15) is 0 Å². The van der Waals surface area contributed by atoms with Crippen LogP contribution in [0.25, 0.3) is 0 Å². The number of amides is 1. The molecular weight excluding hydrogens is 268 g/mol. The summed E-state index contributed by atoms with van der Waals surface area (Å²) in [6.07, 6.45) is 0.838. The number of nitrogens with one attached hydrogen (secondary N) is 1. The number of carboxylic acids is 1. The molecule has 0 heterocycles. The third-order valence-corrected chi connectivity index (χ3v) is 2.79. The van der Waals surface area contributed by atoms with Crippen molar-refractivity contribution in [3.63, 3.8) is 0 Å². The fourth-order valence-electron chi connectivity index (χ4n) is 1.90. The largest absolute Gasteiger partial charge is 0.481 e. The monoisotopic (exact) mass is 285 g/mol. The number of hydrogen-bond donors (Lipinski definition) is 2. The first-order chi connectivity index (χ1) is 9.42. The van der Waals surface area contributed by atoms with Crippen molar-refractivity contribution in [3.8, 4) is 0 Å². The van der Waals surface area contributed by atoms with E-state index in [0.717, 1.165) is 12.5 Å². The van der Waals surface area contributed by atoms with Gasteiger partial charge in [0.25, 0.3) is 0 Å². The second-order valence-electron chi connectivity index (χ2n) is 4.56. The molecule has 0 aromatic heterocycles. The molecule has 1 atom stereocenters. The zero-order valence-electron chi connectivity index (χ0n) is 11.2. The molecule has 1 unspecified atom stereocenters. The third-order valence-electron chi connectivity index (χ3n) is 2.79. The standard InChI is InChI=1S/C14H17F2NO3/c1-2-3-11(8-14(19)20)17-13(18)6-9-4-5-10(15)7-12(9)16/h4-5,7,11H,2-3,6,8H2,1H3,(H,17,18)(H,19,20). The predicted molar refractivity (Wildman–Crippen MR) is 69.2 cm³/mol. The Kier molecular flexibility index (Phi) is 6.09. The van der Waals surface area contributed by atoms with Gasteiger partial charge < -0.3 is 10.4 Å². The molecule has 0 aliphatic rings. The predicted octanol–water partition coefficient (Wildman–Crippen LogP) is 2.27. The molecule has 0 spiro atoms. The molecule has 4 nitrogen and oxygen atoms in total. The van der Waals surface area contributed by atoms with Crippen molar-refractivity contribution in [3.05, 3.63) is 35.4 Å². The van der Waals surface area contributed by atoms with Gasteiger partial charge in [0.05, 0.1) is 12.8 Å². The topological polar surface area (TPSA) is 66.4 Å². The minimum Gasteiger partial charge on any atom is -0.481 e. The minimum absolute atomic E-state index is 0.0782. The summed E-state index contributed by atoms with van der Waals surface area (Å²) in [5.41, 5.74) is 0.0782. The van der Waals surface area contributed by atoms with Crippen molar-refractivity contribution in [2.75, 3.05) is 0 Å². The van der Waals surface area contributed by atoms with Gasteiger partial charge in [0, 0.05) is 12.1 Å². The summed E-state index contributed by atoms with van der Waals surface area (Å²) in [6, 6.07) is 2.51. The number of rotatable bonds is 7. The van der Waals surface area contributed by atoms with E-state index in [1.165, 1.54) is 6.07 Å². The van der Waals surface area contributed by atoms with Crippen LogP contribution in [0.2, 0.25) is 0 Å². The van der Waals surface area contributed by atoms with Crippen molar-refractivity contribution in [1.29, 1.82) is 0 Å². The van der Waals surface area contributed by atoms with Gasteiger partial charge in [0.1, 0.15) is 11.6 Å². The third kappa shape index (κ3) is 5.34. The number of carbonyl (C=O) groups excluding carboxylic acids is 1. The van der Waals surface area contributed by atoms with Crippen LogP contribution in [0.5, 0.6) is 0 Å². The van der Waals surface area contributed by atoms with E-state index >= 15 is 0 Å². The molecule has 6 heteroatoms. The molecule has 110 valence electrons. The highest BCUT2D eigenvalue weighted by molar-refractivity contribution is 5.79. The first kappa shape index (κ1) is 16.1. The maximum atomic E-state index is 13.4. The summed E-state index contributed by atoms with van der Waals surface area (Å²) in [7, 11) is 0. The van der Waals surface area contributed by atoms with Crippen LogP contribution < -0.4 is 5.32 Å².